The number of rotatable bonds is 6. The van der Waals surface area contributed by atoms with Gasteiger partial charge in [-0.2, -0.15) is 0 Å². The Labute approximate surface area is 108 Å². The van der Waals surface area contributed by atoms with Gasteiger partial charge in [-0.25, -0.2) is 4.39 Å². The van der Waals surface area contributed by atoms with Gasteiger partial charge in [-0.1, -0.05) is 12.1 Å². The average Bonchev–Trinajstić information content (AvgIpc) is 2.33. The highest BCUT2D eigenvalue weighted by Gasteiger charge is 2.10. The molecule has 1 rings (SSSR count). The molecule has 100 valence electrons. The van der Waals surface area contributed by atoms with Gasteiger partial charge in [0.15, 0.2) is 0 Å². The Morgan fingerprint density at radius 1 is 1.44 bits per heavy atom. The first kappa shape index (κ1) is 14.6. The number of nitrogens with one attached hydrogen (secondary N) is 1. The Morgan fingerprint density at radius 2 is 2.17 bits per heavy atom. The fraction of sp³-hybridized carbons (Fsp3) is 0.500. The molecule has 3 nitrogen and oxygen atoms in total. The van der Waals surface area contributed by atoms with Crippen molar-refractivity contribution in [3.05, 3.63) is 35.1 Å². The minimum absolute atomic E-state index is 0.0167. The third kappa shape index (κ3) is 4.45. The molecule has 1 aromatic carbocycles. The van der Waals surface area contributed by atoms with Gasteiger partial charge in [0.25, 0.3) is 0 Å². The van der Waals surface area contributed by atoms with Crippen molar-refractivity contribution in [2.24, 2.45) is 5.73 Å². The number of amides is 1. The maximum absolute atomic E-state index is 13.4. The lowest BCUT2D eigenvalue weighted by Gasteiger charge is -2.15. The highest BCUT2D eigenvalue weighted by Crippen LogP contribution is 2.16. The Kier molecular flexibility index (Phi) is 5.78. The first-order valence-corrected chi connectivity index (χ1v) is 6.30. The largest absolute Gasteiger partial charge is 0.350 e. The lowest BCUT2D eigenvalue weighted by Crippen LogP contribution is -2.26. The predicted octanol–water partition coefficient (Wildman–Crippen LogP) is 2.44. The summed E-state index contributed by atoms with van der Waals surface area (Å²) in [6, 6.07) is 4.86. The maximum Gasteiger partial charge on any atom is 0.220 e. The zero-order chi connectivity index (χ0) is 13.5. The number of carbonyl (C=O) groups is 1. The minimum atomic E-state index is -0.239. The lowest BCUT2D eigenvalue weighted by atomic mass is 10.1. The van der Waals surface area contributed by atoms with Crippen LogP contribution in [0, 0.1) is 12.7 Å². The van der Waals surface area contributed by atoms with Crippen molar-refractivity contribution in [2.75, 3.05) is 6.54 Å². The van der Waals surface area contributed by atoms with Crippen molar-refractivity contribution >= 4 is 5.91 Å². The molecule has 3 N–H and O–H groups in total. The van der Waals surface area contributed by atoms with Crippen molar-refractivity contribution in [2.45, 2.75) is 39.2 Å². The SMILES string of the molecule is Cc1ccc(C(C)NC(=O)CCCCN)cc1F. The van der Waals surface area contributed by atoms with Crippen LogP contribution in [0.5, 0.6) is 0 Å². The summed E-state index contributed by atoms with van der Waals surface area (Å²) in [5, 5.41) is 2.86. The molecule has 0 aliphatic rings. The number of hydrogen-bond acceptors (Lipinski definition) is 2. The second kappa shape index (κ2) is 7.11. The zero-order valence-electron chi connectivity index (χ0n) is 11.0. The van der Waals surface area contributed by atoms with Crippen LogP contribution in [0.25, 0.3) is 0 Å². The van der Waals surface area contributed by atoms with Gasteiger partial charge in [0, 0.05) is 6.42 Å². The van der Waals surface area contributed by atoms with E-state index in [4.69, 9.17) is 5.73 Å². The van der Waals surface area contributed by atoms with Crippen LogP contribution in [0.1, 0.15) is 43.4 Å². The van der Waals surface area contributed by atoms with E-state index in [0.717, 1.165) is 18.4 Å². The van der Waals surface area contributed by atoms with Crippen molar-refractivity contribution in [3.8, 4) is 0 Å². The van der Waals surface area contributed by atoms with E-state index in [9.17, 15) is 9.18 Å². The van der Waals surface area contributed by atoms with Gasteiger partial charge in [0.2, 0.25) is 5.91 Å². The molecule has 0 aliphatic heterocycles. The van der Waals surface area contributed by atoms with E-state index in [1.165, 1.54) is 6.07 Å². The van der Waals surface area contributed by atoms with Crippen LogP contribution in [0.3, 0.4) is 0 Å². The van der Waals surface area contributed by atoms with Crippen molar-refractivity contribution < 1.29 is 9.18 Å². The Hall–Kier alpha value is -1.42. The van der Waals surface area contributed by atoms with Crippen LogP contribution in [0.2, 0.25) is 0 Å². The maximum atomic E-state index is 13.4. The fourth-order valence-electron chi connectivity index (χ4n) is 1.71. The number of hydrogen-bond donors (Lipinski definition) is 2. The second-order valence-electron chi connectivity index (χ2n) is 4.54. The number of halogens is 1. The first-order chi connectivity index (χ1) is 8.54. The van der Waals surface area contributed by atoms with E-state index in [2.05, 4.69) is 5.32 Å². The second-order valence-corrected chi connectivity index (χ2v) is 4.54. The van der Waals surface area contributed by atoms with Gasteiger partial charge in [0.1, 0.15) is 5.82 Å². The van der Waals surface area contributed by atoms with Gasteiger partial charge in [-0.05, 0) is 50.4 Å². The molecule has 1 atom stereocenters. The van der Waals surface area contributed by atoms with Crippen LogP contribution in [-0.2, 0) is 4.79 Å². The summed E-state index contributed by atoms with van der Waals surface area (Å²) >= 11 is 0. The van der Waals surface area contributed by atoms with Crippen molar-refractivity contribution in [1.82, 2.24) is 5.32 Å². The van der Waals surface area contributed by atoms with E-state index < -0.39 is 0 Å². The number of nitrogens with two attached hydrogens (primary N) is 1. The molecular formula is C14H21FN2O. The normalized spacial score (nSPS) is 12.2. The quantitative estimate of drug-likeness (QED) is 0.764. The Balaban J connectivity index is 2.51. The summed E-state index contributed by atoms with van der Waals surface area (Å²) in [5.74, 6) is -0.256. The molecule has 1 unspecified atom stereocenters. The molecule has 0 aromatic heterocycles. The summed E-state index contributed by atoms with van der Waals surface area (Å²) in [6.45, 7) is 4.17. The molecule has 0 radical (unpaired) electrons. The van der Waals surface area contributed by atoms with E-state index in [-0.39, 0.29) is 17.8 Å². The monoisotopic (exact) mass is 252 g/mol. The van der Waals surface area contributed by atoms with Crippen LogP contribution in [0.4, 0.5) is 4.39 Å². The van der Waals surface area contributed by atoms with Gasteiger partial charge < -0.3 is 11.1 Å². The summed E-state index contributed by atoms with van der Waals surface area (Å²) in [4.78, 5) is 11.6. The smallest absolute Gasteiger partial charge is 0.220 e. The van der Waals surface area contributed by atoms with E-state index >= 15 is 0 Å². The highest BCUT2D eigenvalue weighted by atomic mass is 19.1. The lowest BCUT2D eigenvalue weighted by molar-refractivity contribution is -0.121. The first-order valence-electron chi connectivity index (χ1n) is 6.30. The van der Waals surface area contributed by atoms with Crippen LogP contribution in [0.15, 0.2) is 18.2 Å². The van der Waals surface area contributed by atoms with Crippen molar-refractivity contribution in [3.63, 3.8) is 0 Å². The van der Waals surface area contributed by atoms with Gasteiger partial charge in [0.05, 0.1) is 6.04 Å². The molecular weight excluding hydrogens is 231 g/mol. The minimum Gasteiger partial charge on any atom is -0.350 e. The fourth-order valence-corrected chi connectivity index (χ4v) is 1.71. The molecule has 1 amide bonds. The molecule has 18 heavy (non-hydrogen) atoms. The molecule has 1 aromatic rings. The number of carbonyl (C=O) groups excluding carboxylic acids is 1. The average molecular weight is 252 g/mol. The third-order valence-electron chi connectivity index (χ3n) is 2.93. The van der Waals surface area contributed by atoms with E-state index in [1.807, 2.05) is 13.0 Å². The van der Waals surface area contributed by atoms with E-state index in [0.29, 0.717) is 18.5 Å². The zero-order valence-corrected chi connectivity index (χ0v) is 11.0. The number of benzene rings is 1. The molecule has 0 saturated heterocycles. The standard InChI is InChI=1S/C14H21FN2O/c1-10-6-7-12(9-13(10)15)11(2)17-14(18)5-3-4-8-16/h6-7,9,11H,3-5,8,16H2,1-2H3,(H,17,18). The molecule has 0 fully saturated rings. The van der Waals surface area contributed by atoms with Crippen LogP contribution < -0.4 is 11.1 Å². The number of unbranched alkanes of at least 4 members (excludes halogenated alkanes) is 1. The predicted molar refractivity (Wildman–Crippen MR) is 70.6 cm³/mol. The van der Waals surface area contributed by atoms with E-state index in [1.54, 1.807) is 13.0 Å². The Bertz CT molecular complexity index is 407. The molecule has 0 bridgehead atoms. The van der Waals surface area contributed by atoms with Crippen molar-refractivity contribution in [1.29, 1.82) is 0 Å². The highest BCUT2D eigenvalue weighted by molar-refractivity contribution is 5.76. The molecule has 0 heterocycles. The summed E-state index contributed by atoms with van der Waals surface area (Å²) in [7, 11) is 0. The van der Waals surface area contributed by atoms with Gasteiger partial charge >= 0.3 is 0 Å². The molecule has 0 spiro atoms. The Morgan fingerprint density at radius 3 is 2.78 bits per heavy atom. The molecule has 4 heteroatoms. The topological polar surface area (TPSA) is 55.1 Å². The summed E-state index contributed by atoms with van der Waals surface area (Å²) in [6.07, 6.45) is 2.11. The summed E-state index contributed by atoms with van der Waals surface area (Å²) < 4.78 is 13.4. The summed E-state index contributed by atoms with van der Waals surface area (Å²) in [5.41, 5.74) is 6.76. The molecule has 0 saturated carbocycles. The third-order valence-corrected chi connectivity index (χ3v) is 2.93. The van der Waals surface area contributed by atoms with Gasteiger partial charge in [-0.3, -0.25) is 4.79 Å². The van der Waals surface area contributed by atoms with Crippen LogP contribution in [-0.4, -0.2) is 12.5 Å². The number of aryl methyl sites for hydroxylation is 1. The molecule has 0 aliphatic carbocycles. The van der Waals surface area contributed by atoms with Crippen LogP contribution >= 0.6 is 0 Å². The van der Waals surface area contributed by atoms with Gasteiger partial charge in [-0.15, -0.1) is 0 Å².